The van der Waals surface area contributed by atoms with Crippen LogP contribution in [0.15, 0.2) is 24.3 Å². The number of nitrogens with zero attached hydrogens (tertiary/aromatic N) is 2. The van der Waals surface area contributed by atoms with Gasteiger partial charge in [0.05, 0.1) is 17.6 Å². The summed E-state index contributed by atoms with van der Waals surface area (Å²) >= 11 is 0. The lowest BCUT2D eigenvalue weighted by Gasteiger charge is -2.18. The number of benzene rings is 1. The fourth-order valence-corrected chi connectivity index (χ4v) is 2.19. The van der Waals surface area contributed by atoms with Gasteiger partial charge in [-0.1, -0.05) is 12.1 Å². The lowest BCUT2D eigenvalue weighted by molar-refractivity contribution is -0.146. The summed E-state index contributed by atoms with van der Waals surface area (Å²) in [5.41, 5.74) is 2.02. The highest BCUT2D eigenvalue weighted by Crippen LogP contribution is 2.24. The van der Waals surface area contributed by atoms with Crippen LogP contribution in [0.25, 0.3) is 11.0 Å². The van der Waals surface area contributed by atoms with Gasteiger partial charge in [-0.15, -0.1) is 0 Å². The van der Waals surface area contributed by atoms with E-state index in [1.807, 2.05) is 32.0 Å². The molecular weight excluding hydrogens is 256 g/mol. The average molecular weight is 278 g/mol. The predicted octanol–water partition coefficient (Wildman–Crippen LogP) is 2.75. The van der Waals surface area contributed by atoms with Crippen molar-refractivity contribution in [1.82, 2.24) is 9.55 Å². The molecule has 1 aromatic heterocycles. The summed E-state index contributed by atoms with van der Waals surface area (Å²) in [7, 11) is 1.70. The number of hydrogen-bond donors (Lipinski definition) is 0. The van der Waals surface area contributed by atoms with E-state index in [4.69, 9.17) is 14.2 Å². The number of para-hydroxylation sites is 2. The van der Waals surface area contributed by atoms with E-state index < -0.39 is 6.29 Å². The molecule has 0 aliphatic heterocycles. The van der Waals surface area contributed by atoms with Gasteiger partial charge in [-0.2, -0.15) is 0 Å². The third kappa shape index (κ3) is 3.17. The quantitative estimate of drug-likeness (QED) is 0.697. The normalized spacial score (nSPS) is 11.6. The van der Waals surface area contributed by atoms with E-state index in [9.17, 15) is 0 Å². The Morgan fingerprint density at radius 1 is 1.15 bits per heavy atom. The van der Waals surface area contributed by atoms with Crippen LogP contribution in [0.2, 0.25) is 0 Å². The summed E-state index contributed by atoms with van der Waals surface area (Å²) in [6.45, 7) is 6.42. The van der Waals surface area contributed by atoms with Crippen LogP contribution < -0.4 is 0 Å². The zero-order valence-corrected chi connectivity index (χ0v) is 12.3. The predicted molar refractivity (Wildman–Crippen MR) is 77.6 cm³/mol. The van der Waals surface area contributed by atoms with Crippen molar-refractivity contribution >= 4 is 11.0 Å². The van der Waals surface area contributed by atoms with Gasteiger partial charge in [-0.05, 0) is 26.0 Å². The first-order valence-electron chi connectivity index (χ1n) is 6.99. The van der Waals surface area contributed by atoms with Gasteiger partial charge in [0.2, 0.25) is 6.29 Å². The molecule has 0 saturated heterocycles. The second-order valence-electron chi connectivity index (χ2n) is 4.35. The third-order valence-corrected chi connectivity index (χ3v) is 3.05. The largest absolute Gasteiger partial charge is 0.383 e. The molecule has 0 atom stereocenters. The van der Waals surface area contributed by atoms with Crippen molar-refractivity contribution in [2.24, 2.45) is 0 Å². The van der Waals surface area contributed by atoms with Gasteiger partial charge >= 0.3 is 0 Å². The highest BCUT2D eigenvalue weighted by Gasteiger charge is 2.20. The first-order valence-corrected chi connectivity index (χ1v) is 6.99. The number of ether oxygens (including phenoxy) is 3. The molecule has 5 nitrogen and oxygen atoms in total. The van der Waals surface area contributed by atoms with Gasteiger partial charge in [0.1, 0.15) is 0 Å². The summed E-state index contributed by atoms with van der Waals surface area (Å²) in [6.07, 6.45) is -0.436. The van der Waals surface area contributed by atoms with Crippen LogP contribution in [0.4, 0.5) is 0 Å². The minimum atomic E-state index is -0.436. The minimum Gasteiger partial charge on any atom is -0.383 e. The maximum absolute atomic E-state index is 5.67. The third-order valence-electron chi connectivity index (χ3n) is 3.05. The number of hydrogen-bond acceptors (Lipinski definition) is 4. The molecule has 0 N–H and O–H groups in total. The topological polar surface area (TPSA) is 45.5 Å². The van der Waals surface area contributed by atoms with Gasteiger partial charge in [-0.3, -0.25) is 0 Å². The molecule has 0 aliphatic rings. The van der Waals surface area contributed by atoms with E-state index >= 15 is 0 Å². The van der Waals surface area contributed by atoms with Crippen LogP contribution in [0, 0.1) is 0 Å². The summed E-state index contributed by atoms with van der Waals surface area (Å²) < 4.78 is 18.6. The first-order chi connectivity index (χ1) is 9.81. The SMILES string of the molecule is CCOC(OCC)c1nc2ccccc2n1CCOC. The van der Waals surface area contributed by atoms with Crippen LogP contribution >= 0.6 is 0 Å². The molecule has 5 heteroatoms. The monoisotopic (exact) mass is 278 g/mol. The molecule has 0 bridgehead atoms. The van der Waals surface area contributed by atoms with Crippen LogP contribution in [0.5, 0.6) is 0 Å². The summed E-state index contributed by atoms with van der Waals surface area (Å²) in [5, 5.41) is 0. The molecule has 2 aromatic rings. The Kier molecular flexibility index (Phi) is 5.52. The smallest absolute Gasteiger partial charge is 0.217 e. The second-order valence-corrected chi connectivity index (χ2v) is 4.35. The van der Waals surface area contributed by atoms with E-state index in [0.29, 0.717) is 19.8 Å². The Balaban J connectivity index is 2.42. The van der Waals surface area contributed by atoms with Crippen molar-refractivity contribution in [2.45, 2.75) is 26.7 Å². The molecule has 0 aliphatic carbocycles. The molecule has 2 rings (SSSR count). The average Bonchev–Trinajstić information content (AvgIpc) is 2.83. The fraction of sp³-hybridized carbons (Fsp3) is 0.533. The van der Waals surface area contributed by atoms with Crippen LogP contribution in [0.1, 0.15) is 26.0 Å². The highest BCUT2D eigenvalue weighted by molar-refractivity contribution is 5.75. The zero-order chi connectivity index (χ0) is 14.4. The fourth-order valence-electron chi connectivity index (χ4n) is 2.19. The molecule has 0 spiro atoms. The van der Waals surface area contributed by atoms with Gasteiger partial charge in [0.15, 0.2) is 5.82 Å². The molecule has 20 heavy (non-hydrogen) atoms. The summed E-state index contributed by atoms with van der Waals surface area (Å²) in [4.78, 5) is 4.66. The molecule has 1 aromatic carbocycles. The molecule has 0 unspecified atom stereocenters. The van der Waals surface area contributed by atoms with Crippen LogP contribution in [0.3, 0.4) is 0 Å². The maximum Gasteiger partial charge on any atom is 0.217 e. The molecular formula is C15H22N2O3. The van der Waals surface area contributed by atoms with E-state index in [-0.39, 0.29) is 0 Å². The maximum atomic E-state index is 5.67. The first kappa shape index (κ1) is 15.0. The van der Waals surface area contributed by atoms with Gasteiger partial charge < -0.3 is 18.8 Å². The Labute approximate surface area is 119 Å². The molecule has 110 valence electrons. The standard InChI is InChI=1S/C15H22N2O3/c1-4-19-15(20-5-2)14-16-12-8-6-7-9-13(12)17(14)10-11-18-3/h6-9,15H,4-5,10-11H2,1-3H3. The lowest BCUT2D eigenvalue weighted by Crippen LogP contribution is -2.17. The molecule has 0 fully saturated rings. The number of methoxy groups -OCH3 is 1. The number of rotatable bonds is 8. The van der Waals surface area contributed by atoms with Crippen LogP contribution in [-0.2, 0) is 20.8 Å². The van der Waals surface area contributed by atoms with Gasteiger partial charge in [-0.25, -0.2) is 4.98 Å². The Morgan fingerprint density at radius 2 is 1.85 bits per heavy atom. The van der Waals surface area contributed by atoms with Crippen molar-refractivity contribution in [3.05, 3.63) is 30.1 Å². The van der Waals surface area contributed by atoms with Crippen molar-refractivity contribution in [1.29, 1.82) is 0 Å². The molecule has 0 amide bonds. The lowest BCUT2D eigenvalue weighted by atomic mass is 10.3. The summed E-state index contributed by atoms with van der Waals surface area (Å²) in [6, 6.07) is 8.04. The summed E-state index contributed by atoms with van der Waals surface area (Å²) in [5.74, 6) is 0.798. The van der Waals surface area contributed by atoms with Gasteiger partial charge in [0.25, 0.3) is 0 Å². The van der Waals surface area contributed by atoms with Crippen molar-refractivity contribution in [3.8, 4) is 0 Å². The Hall–Kier alpha value is -1.43. The molecule has 1 heterocycles. The van der Waals surface area contributed by atoms with E-state index in [1.165, 1.54) is 0 Å². The minimum absolute atomic E-state index is 0.436. The highest BCUT2D eigenvalue weighted by atomic mass is 16.7. The van der Waals surface area contributed by atoms with E-state index in [2.05, 4.69) is 15.6 Å². The molecule has 0 radical (unpaired) electrons. The van der Waals surface area contributed by atoms with Crippen molar-refractivity contribution < 1.29 is 14.2 Å². The second kappa shape index (κ2) is 7.38. The zero-order valence-electron chi connectivity index (χ0n) is 12.3. The molecule has 0 saturated carbocycles. The van der Waals surface area contributed by atoms with E-state index in [1.54, 1.807) is 7.11 Å². The number of imidazole rings is 1. The number of aromatic nitrogens is 2. The van der Waals surface area contributed by atoms with Gasteiger partial charge in [0, 0.05) is 26.9 Å². The van der Waals surface area contributed by atoms with Crippen molar-refractivity contribution in [3.63, 3.8) is 0 Å². The van der Waals surface area contributed by atoms with Crippen LogP contribution in [-0.4, -0.2) is 36.5 Å². The van der Waals surface area contributed by atoms with E-state index in [0.717, 1.165) is 23.4 Å². The Bertz CT molecular complexity index is 533. The van der Waals surface area contributed by atoms with Crippen molar-refractivity contribution in [2.75, 3.05) is 26.9 Å². The Morgan fingerprint density at radius 3 is 2.50 bits per heavy atom. The number of fused-ring (bicyclic) bond motifs is 1.